The number of nitrogens with one attached hydrogen (secondary N) is 1. The molecule has 0 spiro atoms. The molecule has 0 aromatic carbocycles. The number of hydroxylamine groups is 1. The number of rotatable bonds is 4. The van der Waals surface area contributed by atoms with Gasteiger partial charge in [0.15, 0.2) is 0 Å². The molecule has 146 valence electrons. The van der Waals surface area contributed by atoms with Crippen molar-refractivity contribution in [3.63, 3.8) is 0 Å². The third-order valence-corrected chi connectivity index (χ3v) is 7.92. The molecule has 4 aliphatic carbocycles. The van der Waals surface area contributed by atoms with Gasteiger partial charge in [0.1, 0.15) is 0 Å². The summed E-state index contributed by atoms with van der Waals surface area (Å²) in [6.07, 6.45) is 12.5. The van der Waals surface area contributed by atoms with Crippen molar-refractivity contribution in [3.05, 3.63) is 29.1 Å². The average Bonchev–Trinajstić information content (AvgIpc) is 2.65. The molecule has 1 aromatic heterocycles. The summed E-state index contributed by atoms with van der Waals surface area (Å²) in [6.45, 7) is 4.38. The smallest absolute Gasteiger partial charge is 0.276 e. The molecule has 0 unspecified atom stereocenters. The number of carbonyl (C=O) groups is 1. The van der Waals surface area contributed by atoms with E-state index >= 15 is 0 Å². The largest absolute Gasteiger partial charge is 0.295 e. The van der Waals surface area contributed by atoms with Crippen LogP contribution in [0.2, 0.25) is 0 Å². The lowest BCUT2D eigenvalue weighted by Gasteiger charge is -2.58. The van der Waals surface area contributed by atoms with E-state index in [1.807, 2.05) is 6.07 Å². The Labute approximate surface area is 161 Å². The summed E-state index contributed by atoms with van der Waals surface area (Å²) in [7, 11) is 0. The predicted octanol–water partition coefficient (Wildman–Crippen LogP) is 3.55. The first-order valence-electron chi connectivity index (χ1n) is 10.7. The molecule has 5 nitrogen and oxygen atoms in total. The van der Waals surface area contributed by atoms with Gasteiger partial charge in [0.05, 0.1) is 5.56 Å². The van der Waals surface area contributed by atoms with Crippen molar-refractivity contribution in [1.29, 1.82) is 0 Å². The van der Waals surface area contributed by atoms with Crippen LogP contribution in [0, 0.1) is 23.2 Å². The van der Waals surface area contributed by atoms with Crippen LogP contribution in [0.4, 0.5) is 0 Å². The van der Waals surface area contributed by atoms with E-state index in [4.69, 9.17) is 5.21 Å². The maximum Gasteiger partial charge on any atom is 0.276 e. The normalized spacial score (nSPS) is 37.3. The van der Waals surface area contributed by atoms with Gasteiger partial charge in [-0.1, -0.05) is 6.92 Å². The van der Waals surface area contributed by atoms with Gasteiger partial charge in [-0.05, 0) is 79.7 Å². The maximum absolute atomic E-state index is 11.8. The van der Waals surface area contributed by atoms with Crippen molar-refractivity contribution in [2.24, 2.45) is 23.2 Å². The third-order valence-electron chi connectivity index (χ3n) is 7.92. The van der Waals surface area contributed by atoms with Gasteiger partial charge >= 0.3 is 0 Å². The van der Waals surface area contributed by atoms with Crippen LogP contribution >= 0.6 is 0 Å². The highest BCUT2D eigenvalue weighted by Gasteiger charge is 2.51. The van der Waals surface area contributed by atoms with Gasteiger partial charge in [-0.25, -0.2) is 5.48 Å². The molecular formula is C22H31N3O2. The Morgan fingerprint density at radius 1 is 1.26 bits per heavy atom. The summed E-state index contributed by atoms with van der Waals surface area (Å²) >= 11 is 0. The summed E-state index contributed by atoms with van der Waals surface area (Å²) < 4.78 is 0. The minimum atomic E-state index is -0.476. The number of pyridine rings is 1. The van der Waals surface area contributed by atoms with Crippen molar-refractivity contribution in [2.75, 3.05) is 6.54 Å². The van der Waals surface area contributed by atoms with E-state index in [1.165, 1.54) is 45.1 Å². The molecule has 2 heterocycles. The molecule has 4 fully saturated rings. The first-order valence-corrected chi connectivity index (χ1v) is 10.7. The quantitative estimate of drug-likeness (QED) is 0.629. The van der Waals surface area contributed by atoms with E-state index in [2.05, 4.69) is 16.8 Å². The summed E-state index contributed by atoms with van der Waals surface area (Å²) in [5.41, 5.74) is 4.99. The molecule has 2 N–H and O–H groups in total. The average molecular weight is 370 g/mol. The zero-order valence-corrected chi connectivity index (χ0v) is 16.3. The van der Waals surface area contributed by atoms with E-state index < -0.39 is 5.91 Å². The van der Waals surface area contributed by atoms with Crippen molar-refractivity contribution in [1.82, 2.24) is 15.4 Å². The molecule has 1 atom stereocenters. The Balaban J connectivity index is 1.39. The van der Waals surface area contributed by atoms with Crippen molar-refractivity contribution >= 4 is 5.91 Å². The lowest BCUT2D eigenvalue weighted by molar-refractivity contribution is -0.0774. The second kappa shape index (κ2) is 6.56. The van der Waals surface area contributed by atoms with Crippen LogP contribution in [0.15, 0.2) is 12.3 Å². The zero-order valence-electron chi connectivity index (χ0n) is 16.3. The Kier molecular flexibility index (Phi) is 4.28. The number of amides is 1. The van der Waals surface area contributed by atoms with Crippen LogP contribution < -0.4 is 5.48 Å². The number of carbonyl (C=O) groups excluding carboxylic acids is 1. The van der Waals surface area contributed by atoms with Crippen molar-refractivity contribution in [2.45, 2.75) is 70.9 Å². The van der Waals surface area contributed by atoms with Crippen molar-refractivity contribution < 1.29 is 10.0 Å². The minimum Gasteiger partial charge on any atom is -0.295 e. The molecule has 1 aliphatic heterocycles. The third kappa shape index (κ3) is 3.09. The van der Waals surface area contributed by atoms with Crippen LogP contribution in [0.25, 0.3) is 0 Å². The maximum atomic E-state index is 11.8. The van der Waals surface area contributed by atoms with Crippen LogP contribution in [0.5, 0.6) is 0 Å². The fourth-order valence-corrected chi connectivity index (χ4v) is 7.25. The van der Waals surface area contributed by atoms with Crippen LogP contribution in [0.3, 0.4) is 0 Å². The second-order valence-corrected chi connectivity index (χ2v) is 9.86. The van der Waals surface area contributed by atoms with Gasteiger partial charge in [0.2, 0.25) is 0 Å². The molecule has 4 saturated carbocycles. The molecular weight excluding hydrogens is 338 g/mol. The van der Waals surface area contributed by atoms with E-state index in [1.54, 1.807) is 11.7 Å². The predicted molar refractivity (Wildman–Crippen MR) is 102 cm³/mol. The lowest BCUT2D eigenvalue weighted by atomic mass is 9.49. The summed E-state index contributed by atoms with van der Waals surface area (Å²) in [4.78, 5) is 19.0. The fourth-order valence-electron chi connectivity index (χ4n) is 7.25. The van der Waals surface area contributed by atoms with E-state index in [0.29, 0.717) is 17.0 Å². The molecule has 5 aliphatic rings. The molecule has 5 heteroatoms. The minimum absolute atomic E-state index is 0.445. The molecule has 6 rings (SSSR count). The van der Waals surface area contributed by atoms with Gasteiger partial charge < -0.3 is 0 Å². The zero-order chi connectivity index (χ0) is 18.6. The van der Waals surface area contributed by atoms with Crippen LogP contribution in [-0.2, 0) is 13.0 Å². The highest BCUT2D eigenvalue weighted by molar-refractivity contribution is 5.93. The first kappa shape index (κ1) is 17.6. The molecule has 0 saturated heterocycles. The van der Waals surface area contributed by atoms with Gasteiger partial charge in [0.25, 0.3) is 5.91 Å². The number of nitrogens with zero attached hydrogens (tertiary/aromatic N) is 2. The molecule has 0 radical (unpaired) electrons. The second-order valence-electron chi connectivity index (χ2n) is 9.86. The first-order chi connectivity index (χ1) is 13.1. The Bertz CT molecular complexity index is 712. The highest BCUT2D eigenvalue weighted by atomic mass is 16.5. The highest BCUT2D eigenvalue weighted by Crippen LogP contribution is 2.60. The standard InChI is InChI=1S/C22H31N3O2/c1-2-19-7-20-18(6-17(11-23-20)21(26)24-27)12-25(19)13-22-8-14-3-15(9-22)5-16(4-14)10-22/h6,11,14-16,19,27H,2-5,7-10,12-13H2,1H3,(H,24,26)/t14?,15?,16?,19-,22?/m1/s1. The SMILES string of the molecule is CC[C@@H]1Cc2ncc(C(=O)NO)cc2CN1CC12CC3CC(CC(C3)C1)C2. The van der Waals surface area contributed by atoms with Crippen LogP contribution in [-0.4, -0.2) is 33.6 Å². The van der Waals surface area contributed by atoms with Gasteiger partial charge in [-0.2, -0.15) is 0 Å². The fraction of sp³-hybridized carbons (Fsp3) is 0.727. The number of aromatic nitrogens is 1. The number of hydrogen-bond acceptors (Lipinski definition) is 4. The number of fused-ring (bicyclic) bond motifs is 1. The molecule has 1 aromatic rings. The van der Waals surface area contributed by atoms with Crippen molar-refractivity contribution in [3.8, 4) is 0 Å². The van der Waals surface area contributed by atoms with Gasteiger partial charge in [-0.15, -0.1) is 0 Å². The Morgan fingerprint density at radius 2 is 1.93 bits per heavy atom. The monoisotopic (exact) mass is 369 g/mol. The lowest BCUT2D eigenvalue weighted by Crippen LogP contribution is -2.53. The summed E-state index contributed by atoms with van der Waals surface area (Å²) in [5.74, 6) is 2.47. The van der Waals surface area contributed by atoms with E-state index in [-0.39, 0.29) is 0 Å². The summed E-state index contributed by atoms with van der Waals surface area (Å²) in [5, 5.41) is 8.93. The van der Waals surface area contributed by atoms with E-state index in [9.17, 15) is 4.79 Å². The Hall–Kier alpha value is -1.46. The van der Waals surface area contributed by atoms with E-state index in [0.717, 1.165) is 48.4 Å². The molecule has 27 heavy (non-hydrogen) atoms. The number of hydrogen-bond donors (Lipinski definition) is 2. The summed E-state index contributed by atoms with van der Waals surface area (Å²) in [6, 6.07) is 2.47. The Morgan fingerprint density at radius 3 is 2.52 bits per heavy atom. The topological polar surface area (TPSA) is 65.5 Å². The molecule has 4 bridgehead atoms. The van der Waals surface area contributed by atoms with Crippen LogP contribution in [0.1, 0.15) is 73.5 Å². The molecule has 1 amide bonds. The van der Waals surface area contributed by atoms with Gasteiger partial charge in [-0.3, -0.25) is 19.9 Å². The van der Waals surface area contributed by atoms with Gasteiger partial charge in [0, 0.05) is 37.4 Å².